The van der Waals surface area contributed by atoms with E-state index < -0.39 is 5.91 Å². The molecule has 0 fully saturated rings. The Hall–Kier alpha value is -3.23. The van der Waals surface area contributed by atoms with Crippen LogP contribution in [0.15, 0.2) is 47.0 Å². The van der Waals surface area contributed by atoms with E-state index >= 15 is 0 Å². The molecule has 2 aromatic carbocycles. The number of carbonyl (C=O) groups is 2. The Morgan fingerprint density at radius 3 is 2.65 bits per heavy atom. The lowest BCUT2D eigenvalue weighted by Gasteiger charge is -2.24. The highest BCUT2D eigenvalue weighted by Gasteiger charge is 2.23. The SMILES string of the molecule is CC(C)CN(Cc1cc(C(=O)NCc2ccc3c(c2)OCO3)no1)C(=O)c1ccc(Cl)cc1Cl. The Balaban J connectivity index is 1.41. The predicted molar refractivity (Wildman–Crippen MR) is 126 cm³/mol. The average Bonchev–Trinajstić information content (AvgIpc) is 3.45. The summed E-state index contributed by atoms with van der Waals surface area (Å²) in [5.74, 6) is 1.24. The maximum Gasteiger partial charge on any atom is 0.273 e. The van der Waals surface area contributed by atoms with Gasteiger partial charge in [0.25, 0.3) is 11.8 Å². The largest absolute Gasteiger partial charge is 0.454 e. The van der Waals surface area contributed by atoms with Gasteiger partial charge in [0.15, 0.2) is 23.0 Å². The fourth-order valence-electron chi connectivity index (χ4n) is 3.50. The zero-order valence-electron chi connectivity index (χ0n) is 18.6. The highest BCUT2D eigenvalue weighted by atomic mass is 35.5. The summed E-state index contributed by atoms with van der Waals surface area (Å²) in [4.78, 5) is 27.3. The van der Waals surface area contributed by atoms with Crippen molar-refractivity contribution < 1.29 is 23.6 Å². The lowest BCUT2D eigenvalue weighted by Crippen LogP contribution is -2.33. The molecule has 0 radical (unpaired) electrons. The zero-order valence-corrected chi connectivity index (χ0v) is 20.2. The minimum absolute atomic E-state index is 0.122. The van der Waals surface area contributed by atoms with Gasteiger partial charge in [-0.15, -0.1) is 0 Å². The van der Waals surface area contributed by atoms with Crippen LogP contribution in [0.2, 0.25) is 10.0 Å². The van der Waals surface area contributed by atoms with Crippen molar-refractivity contribution in [1.82, 2.24) is 15.4 Å². The second kappa shape index (κ2) is 10.4. The van der Waals surface area contributed by atoms with E-state index in [4.69, 9.17) is 37.2 Å². The van der Waals surface area contributed by atoms with Gasteiger partial charge in [0.2, 0.25) is 6.79 Å². The van der Waals surface area contributed by atoms with E-state index in [1.54, 1.807) is 23.1 Å². The fraction of sp³-hybridized carbons (Fsp3) is 0.292. The summed E-state index contributed by atoms with van der Waals surface area (Å²) >= 11 is 12.2. The van der Waals surface area contributed by atoms with Gasteiger partial charge in [0.1, 0.15) is 0 Å². The van der Waals surface area contributed by atoms with Crippen molar-refractivity contribution in [2.24, 2.45) is 5.92 Å². The third-order valence-corrected chi connectivity index (χ3v) is 5.61. The highest BCUT2D eigenvalue weighted by molar-refractivity contribution is 6.36. The van der Waals surface area contributed by atoms with Gasteiger partial charge in [-0.2, -0.15) is 0 Å². The molecule has 178 valence electrons. The molecule has 0 bridgehead atoms. The van der Waals surface area contributed by atoms with Crippen molar-refractivity contribution in [3.8, 4) is 11.5 Å². The molecule has 8 nitrogen and oxygen atoms in total. The molecule has 4 rings (SSSR count). The monoisotopic (exact) mass is 503 g/mol. The van der Waals surface area contributed by atoms with Gasteiger partial charge in [-0.3, -0.25) is 9.59 Å². The van der Waals surface area contributed by atoms with Crippen LogP contribution in [-0.2, 0) is 13.1 Å². The summed E-state index contributed by atoms with van der Waals surface area (Å²) in [5, 5.41) is 7.38. The number of nitrogens with one attached hydrogen (secondary N) is 1. The summed E-state index contributed by atoms with van der Waals surface area (Å²) in [6.07, 6.45) is 0. The molecule has 2 amide bonds. The molecule has 0 aliphatic carbocycles. The van der Waals surface area contributed by atoms with Crippen LogP contribution < -0.4 is 14.8 Å². The first kappa shape index (κ1) is 23.9. The van der Waals surface area contributed by atoms with Crippen LogP contribution in [-0.4, -0.2) is 35.2 Å². The highest BCUT2D eigenvalue weighted by Crippen LogP contribution is 2.32. The van der Waals surface area contributed by atoms with Crippen molar-refractivity contribution in [2.75, 3.05) is 13.3 Å². The molecule has 2 heterocycles. The van der Waals surface area contributed by atoms with Gasteiger partial charge in [0.05, 0.1) is 17.1 Å². The average molecular weight is 504 g/mol. The van der Waals surface area contributed by atoms with Gasteiger partial charge in [-0.1, -0.05) is 48.3 Å². The van der Waals surface area contributed by atoms with E-state index in [-0.39, 0.29) is 42.4 Å². The van der Waals surface area contributed by atoms with Crippen molar-refractivity contribution in [3.63, 3.8) is 0 Å². The molecule has 1 aliphatic heterocycles. The molecule has 1 aromatic heterocycles. The lowest BCUT2D eigenvalue weighted by atomic mass is 10.1. The summed E-state index contributed by atoms with van der Waals surface area (Å²) in [5.41, 5.74) is 1.32. The first-order valence-electron chi connectivity index (χ1n) is 10.7. The number of hydrogen-bond acceptors (Lipinski definition) is 6. The van der Waals surface area contributed by atoms with Crippen LogP contribution >= 0.6 is 23.2 Å². The van der Waals surface area contributed by atoms with Gasteiger partial charge in [0, 0.05) is 24.2 Å². The normalized spacial score (nSPS) is 12.1. The van der Waals surface area contributed by atoms with Crippen molar-refractivity contribution in [1.29, 1.82) is 0 Å². The Morgan fingerprint density at radius 2 is 1.88 bits per heavy atom. The van der Waals surface area contributed by atoms with Crippen LogP contribution in [0.5, 0.6) is 11.5 Å². The standard InChI is InChI=1S/C24H23Cl2N3O5/c1-14(2)11-29(24(31)18-5-4-16(25)8-19(18)26)12-17-9-20(28-34-17)23(30)27-10-15-3-6-21-22(7-15)33-13-32-21/h3-9,14H,10-13H2,1-2H3,(H,27,30). The Morgan fingerprint density at radius 1 is 1.09 bits per heavy atom. The summed E-state index contributed by atoms with van der Waals surface area (Å²) in [6.45, 7) is 5.07. The van der Waals surface area contributed by atoms with Crippen molar-refractivity contribution in [3.05, 3.63) is 75.1 Å². The van der Waals surface area contributed by atoms with E-state index in [2.05, 4.69) is 10.5 Å². The number of carbonyl (C=O) groups excluding carboxylic acids is 2. The van der Waals surface area contributed by atoms with Crippen LogP contribution in [0, 0.1) is 5.92 Å². The maximum absolute atomic E-state index is 13.1. The maximum atomic E-state index is 13.1. The quantitative estimate of drug-likeness (QED) is 0.467. The van der Waals surface area contributed by atoms with Crippen LogP contribution in [0.1, 0.15) is 46.0 Å². The van der Waals surface area contributed by atoms with Crippen LogP contribution in [0.3, 0.4) is 0 Å². The smallest absolute Gasteiger partial charge is 0.273 e. The van der Waals surface area contributed by atoms with E-state index in [0.29, 0.717) is 34.4 Å². The van der Waals surface area contributed by atoms with Crippen LogP contribution in [0.25, 0.3) is 0 Å². The summed E-state index contributed by atoms with van der Waals surface area (Å²) in [6, 6.07) is 11.7. The van der Waals surface area contributed by atoms with Crippen molar-refractivity contribution in [2.45, 2.75) is 26.9 Å². The second-order valence-electron chi connectivity index (χ2n) is 8.25. The zero-order chi connectivity index (χ0) is 24.2. The Bertz CT molecular complexity index is 1210. The van der Waals surface area contributed by atoms with Crippen LogP contribution in [0.4, 0.5) is 0 Å². The van der Waals surface area contributed by atoms with Gasteiger partial charge in [-0.05, 0) is 41.8 Å². The number of benzene rings is 2. The third-order valence-electron chi connectivity index (χ3n) is 5.06. The molecule has 0 unspecified atom stereocenters. The minimum Gasteiger partial charge on any atom is -0.454 e. The first-order chi connectivity index (χ1) is 16.3. The number of fused-ring (bicyclic) bond motifs is 1. The molecule has 1 aliphatic rings. The fourth-order valence-corrected chi connectivity index (χ4v) is 3.99. The number of halogens is 2. The number of amides is 2. The van der Waals surface area contributed by atoms with E-state index in [1.807, 2.05) is 26.0 Å². The molecule has 3 aromatic rings. The third kappa shape index (κ3) is 5.63. The second-order valence-corrected chi connectivity index (χ2v) is 9.10. The number of ether oxygens (including phenoxy) is 2. The van der Waals surface area contributed by atoms with E-state index in [9.17, 15) is 9.59 Å². The lowest BCUT2D eigenvalue weighted by molar-refractivity contribution is 0.0705. The predicted octanol–water partition coefficient (Wildman–Crippen LogP) is 4.94. The van der Waals surface area contributed by atoms with E-state index in [0.717, 1.165) is 5.56 Å². The molecule has 0 saturated heterocycles. The molecule has 0 saturated carbocycles. The first-order valence-corrected chi connectivity index (χ1v) is 11.4. The molecule has 0 atom stereocenters. The van der Waals surface area contributed by atoms with Gasteiger partial charge in [-0.25, -0.2) is 0 Å². The van der Waals surface area contributed by atoms with Gasteiger partial charge < -0.3 is 24.2 Å². The number of hydrogen-bond donors (Lipinski definition) is 1. The Labute approximate surface area is 206 Å². The molecule has 10 heteroatoms. The molecular formula is C24H23Cl2N3O5. The van der Waals surface area contributed by atoms with Gasteiger partial charge >= 0.3 is 0 Å². The molecule has 34 heavy (non-hydrogen) atoms. The molecule has 1 N–H and O–H groups in total. The Kier molecular flexibility index (Phi) is 7.29. The van der Waals surface area contributed by atoms with E-state index in [1.165, 1.54) is 12.1 Å². The minimum atomic E-state index is -0.393. The number of nitrogens with zero attached hydrogens (tertiary/aromatic N) is 2. The number of aromatic nitrogens is 1. The summed E-state index contributed by atoms with van der Waals surface area (Å²) in [7, 11) is 0. The topological polar surface area (TPSA) is 93.9 Å². The molecular weight excluding hydrogens is 481 g/mol. The molecule has 0 spiro atoms. The summed E-state index contributed by atoms with van der Waals surface area (Å²) < 4.78 is 16.0. The number of rotatable bonds is 8. The van der Waals surface area contributed by atoms with Crippen molar-refractivity contribution >= 4 is 35.0 Å².